The summed E-state index contributed by atoms with van der Waals surface area (Å²) in [4.78, 5) is 4.34. The Kier molecular flexibility index (Phi) is 5.32. The third-order valence-electron chi connectivity index (χ3n) is 4.54. The highest BCUT2D eigenvalue weighted by Gasteiger charge is 2.29. The number of pyridine rings is 1. The first-order valence-electron chi connectivity index (χ1n) is 8.69. The number of hydrogen-bond donors (Lipinski definition) is 1. The first kappa shape index (κ1) is 15.8. The van der Waals surface area contributed by atoms with Gasteiger partial charge in [0.05, 0.1) is 12.2 Å². The lowest BCUT2D eigenvalue weighted by atomic mass is 9.89. The Morgan fingerprint density at radius 1 is 1.23 bits per heavy atom. The molecule has 3 rings (SSSR count). The van der Waals surface area contributed by atoms with Crippen LogP contribution < -0.4 is 10.1 Å². The Balaban J connectivity index is 1.41. The number of nitrogens with one attached hydrogen (secondary N) is 1. The summed E-state index contributed by atoms with van der Waals surface area (Å²) in [5.41, 5.74) is 1.25. The van der Waals surface area contributed by atoms with Crippen LogP contribution in [0.25, 0.3) is 0 Å². The van der Waals surface area contributed by atoms with Crippen LogP contribution >= 0.6 is 0 Å². The monoisotopic (exact) mass is 304 g/mol. The SMILES string of the molecule is CC(C)OC1CC(NCc2ccnc(OC3CCCC3)c2)C1. The Bertz CT molecular complexity index is 466. The fourth-order valence-corrected chi connectivity index (χ4v) is 3.29. The van der Waals surface area contributed by atoms with Gasteiger partial charge < -0.3 is 14.8 Å². The lowest BCUT2D eigenvalue weighted by Crippen LogP contribution is -2.45. The molecule has 1 aromatic heterocycles. The quantitative estimate of drug-likeness (QED) is 0.838. The Morgan fingerprint density at radius 2 is 2.00 bits per heavy atom. The van der Waals surface area contributed by atoms with E-state index in [-0.39, 0.29) is 0 Å². The van der Waals surface area contributed by atoms with Gasteiger partial charge in [-0.05, 0) is 64.0 Å². The highest BCUT2D eigenvalue weighted by atomic mass is 16.5. The number of rotatable bonds is 7. The van der Waals surface area contributed by atoms with Gasteiger partial charge in [-0.25, -0.2) is 4.98 Å². The molecule has 2 aliphatic rings. The number of ether oxygens (including phenoxy) is 2. The van der Waals surface area contributed by atoms with E-state index in [4.69, 9.17) is 9.47 Å². The highest BCUT2D eigenvalue weighted by Crippen LogP contribution is 2.26. The van der Waals surface area contributed by atoms with Crippen molar-refractivity contribution in [2.24, 2.45) is 0 Å². The van der Waals surface area contributed by atoms with Gasteiger partial charge in [-0.2, -0.15) is 0 Å². The van der Waals surface area contributed by atoms with Gasteiger partial charge in [0.15, 0.2) is 0 Å². The maximum atomic E-state index is 5.96. The van der Waals surface area contributed by atoms with E-state index in [9.17, 15) is 0 Å². The molecule has 0 radical (unpaired) electrons. The summed E-state index contributed by atoms with van der Waals surface area (Å²) in [6, 6.07) is 4.72. The fourth-order valence-electron chi connectivity index (χ4n) is 3.29. The molecule has 2 aliphatic carbocycles. The molecule has 0 aliphatic heterocycles. The van der Waals surface area contributed by atoms with Crippen LogP contribution in [0.2, 0.25) is 0 Å². The molecule has 4 heteroatoms. The smallest absolute Gasteiger partial charge is 0.213 e. The molecule has 2 fully saturated rings. The molecular formula is C18H28N2O2. The molecule has 0 unspecified atom stereocenters. The maximum absolute atomic E-state index is 5.96. The molecule has 0 aromatic carbocycles. The van der Waals surface area contributed by atoms with Gasteiger partial charge >= 0.3 is 0 Å². The zero-order valence-corrected chi connectivity index (χ0v) is 13.8. The van der Waals surface area contributed by atoms with E-state index >= 15 is 0 Å². The zero-order chi connectivity index (χ0) is 15.4. The first-order chi connectivity index (χ1) is 10.7. The maximum Gasteiger partial charge on any atom is 0.213 e. The molecule has 1 aromatic rings. The summed E-state index contributed by atoms with van der Waals surface area (Å²) in [5.74, 6) is 0.779. The molecule has 1 N–H and O–H groups in total. The van der Waals surface area contributed by atoms with Gasteiger partial charge in [-0.15, -0.1) is 0 Å². The van der Waals surface area contributed by atoms with Crippen molar-refractivity contribution in [3.8, 4) is 5.88 Å². The minimum Gasteiger partial charge on any atom is -0.474 e. The molecule has 1 heterocycles. The Labute approximate surface area is 133 Å². The summed E-state index contributed by atoms with van der Waals surface area (Å²) in [6.07, 6.45) is 10.2. The van der Waals surface area contributed by atoms with Crippen molar-refractivity contribution in [1.29, 1.82) is 0 Å². The third kappa shape index (κ3) is 4.43. The van der Waals surface area contributed by atoms with Crippen LogP contribution in [0.4, 0.5) is 0 Å². The van der Waals surface area contributed by atoms with Gasteiger partial charge in [0.25, 0.3) is 0 Å². The Hall–Kier alpha value is -1.13. The molecule has 0 amide bonds. The third-order valence-corrected chi connectivity index (χ3v) is 4.54. The number of nitrogens with zero attached hydrogens (tertiary/aromatic N) is 1. The van der Waals surface area contributed by atoms with E-state index < -0.39 is 0 Å². The predicted molar refractivity (Wildman–Crippen MR) is 87.0 cm³/mol. The normalized spacial score (nSPS) is 25.4. The zero-order valence-electron chi connectivity index (χ0n) is 13.8. The van der Waals surface area contributed by atoms with Crippen LogP contribution in [0, 0.1) is 0 Å². The number of aromatic nitrogens is 1. The van der Waals surface area contributed by atoms with Crippen LogP contribution in [0.5, 0.6) is 5.88 Å². The van der Waals surface area contributed by atoms with Crippen molar-refractivity contribution in [2.75, 3.05) is 0 Å². The van der Waals surface area contributed by atoms with Gasteiger partial charge in [0.2, 0.25) is 5.88 Å². The van der Waals surface area contributed by atoms with Crippen molar-refractivity contribution >= 4 is 0 Å². The second-order valence-electron chi connectivity index (χ2n) is 6.88. The average Bonchev–Trinajstić information content (AvgIpc) is 2.94. The largest absolute Gasteiger partial charge is 0.474 e. The standard InChI is InChI=1S/C18H28N2O2/c1-13(2)21-17-10-15(11-17)20-12-14-7-8-19-18(9-14)22-16-5-3-4-6-16/h7-9,13,15-17,20H,3-6,10-12H2,1-2H3. The van der Waals surface area contributed by atoms with Crippen LogP contribution in [0.3, 0.4) is 0 Å². The van der Waals surface area contributed by atoms with Gasteiger partial charge in [-0.1, -0.05) is 0 Å². The summed E-state index contributed by atoms with van der Waals surface area (Å²) in [5, 5.41) is 3.60. The van der Waals surface area contributed by atoms with Gasteiger partial charge in [0, 0.05) is 24.8 Å². The van der Waals surface area contributed by atoms with E-state index in [0.29, 0.717) is 24.4 Å². The lowest BCUT2D eigenvalue weighted by Gasteiger charge is -2.37. The van der Waals surface area contributed by atoms with E-state index in [1.807, 2.05) is 6.20 Å². The van der Waals surface area contributed by atoms with Crippen LogP contribution in [0.1, 0.15) is 57.9 Å². The van der Waals surface area contributed by atoms with E-state index in [2.05, 4.69) is 36.3 Å². The van der Waals surface area contributed by atoms with Crippen molar-refractivity contribution in [2.45, 2.75) is 83.3 Å². The highest BCUT2D eigenvalue weighted by molar-refractivity contribution is 5.20. The number of hydrogen-bond acceptors (Lipinski definition) is 4. The summed E-state index contributed by atoms with van der Waals surface area (Å²) >= 11 is 0. The van der Waals surface area contributed by atoms with Crippen LogP contribution in [-0.4, -0.2) is 29.3 Å². The van der Waals surface area contributed by atoms with Crippen molar-refractivity contribution < 1.29 is 9.47 Å². The molecule has 2 saturated carbocycles. The summed E-state index contributed by atoms with van der Waals surface area (Å²) in [6.45, 7) is 5.08. The van der Waals surface area contributed by atoms with Crippen molar-refractivity contribution in [3.05, 3.63) is 23.9 Å². The topological polar surface area (TPSA) is 43.4 Å². The molecule has 22 heavy (non-hydrogen) atoms. The summed E-state index contributed by atoms with van der Waals surface area (Å²) < 4.78 is 11.8. The molecule has 4 nitrogen and oxygen atoms in total. The molecule has 122 valence electrons. The van der Waals surface area contributed by atoms with Gasteiger partial charge in [0.1, 0.15) is 6.10 Å². The molecule has 0 spiro atoms. The molecule has 0 bridgehead atoms. The summed E-state index contributed by atoms with van der Waals surface area (Å²) in [7, 11) is 0. The second kappa shape index (κ2) is 7.42. The van der Waals surface area contributed by atoms with E-state index in [0.717, 1.165) is 25.3 Å². The lowest BCUT2D eigenvalue weighted by molar-refractivity contribution is -0.0500. The Morgan fingerprint density at radius 3 is 2.73 bits per heavy atom. The van der Waals surface area contributed by atoms with Gasteiger partial charge in [-0.3, -0.25) is 0 Å². The molecule has 0 atom stereocenters. The van der Waals surface area contributed by atoms with E-state index in [1.54, 1.807) is 0 Å². The molecule has 0 saturated heterocycles. The van der Waals surface area contributed by atoms with Crippen molar-refractivity contribution in [1.82, 2.24) is 10.3 Å². The molecular weight excluding hydrogens is 276 g/mol. The van der Waals surface area contributed by atoms with Crippen LogP contribution in [-0.2, 0) is 11.3 Å². The fraction of sp³-hybridized carbons (Fsp3) is 0.722. The second-order valence-corrected chi connectivity index (χ2v) is 6.88. The average molecular weight is 304 g/mol. The minimum absolute atomic E-state index is 0.335. The van der Waals surface area contributed by atoms with E-state index in [1.165, 1.54) is 31.2 Å². The minimum atomic E-state index is 0.335. The van der Waals surface area contributed by atoms with Crippen LogP contribution in [0.15, 0.2) is 18.3 Å². The predicted octanol–water partition coefficient (Wildman–Crippen LogP) is 3.45. The first-order valence-corrected chi connectivity index (χ1v) is 8.69. The van der Waals surface area contributed by atoms with Crippen molar-refractivity contribution in [3.63, 3.8) is 0 Å².